The standard InChI is InChI=1S/C17H16BrClFN5/c1-17(2,12-8-7-11(20)9-14(12)19)21-10-16-22-23-24-25(16)15-6-4-3-5-13(15)18/h3-9,21H,10H2,1-2H3. The highest BCUT2D eigenvalue weighted by Crippen LogP contribution is 2.29. The molecule has 1 heterocycles. The average Bonchev–Trinajstić information content (AvgIpc) is 3.01. The Balaban J connectivity index is 1.83. The lowest BCUT2D eigenvalue weighted by Crippen LogP contribution is -2.37. The molecule has 0 spiro atoms. The Morgan fingerprint density at radius 2 is 2.00 bits per heavy atom. The highest BCUT2D eigenvalue weighted by atomic mass is 79.9. The van der Waals surface area contributed by atoms with Crippen molar-refractivity contribution in [2.75, 3.05) is 0 Å². The molecule has 8 heteroatoms. The van der Waals surface area contributed by atoms with E-state index in [2.05, 4.69) is 36.8 Å². The maximum Gasteiger partial charge on any atom is 0.170 e. The van der Waals surface area contributed by atoms with Crippen molar-refractivity contribution in [1.82, 2.24) is 25.5 Å². The van der Waals surface area contributed by atoms with Crippen molar-refractivity contribution in [3.8, 4) is 5.69 Å². The topological polar surface area (TPSA) is 55.6 Å². The Kier molecular flexibility index (Phi) is 5.17. The Labute approximate surface area is 158 Å². The van der Waals surface area contributed by atoms with E-state index < -0.39 is 5.54 Å². The molecule has 25 heavy (non-hydrogen) atoms. The Bertz CT molecular complexity index is 896. The predicted molar refractivity (Wildman–Crippen MR) is 98.1 cm³/mol. The quantitative estimate of drug-likeness (QED) is 0.665. The molecule has 0 saturated heterocycles. The maximum atomic E-state index is 13.3. The number of para-hydroxylation sites is 1. The van der Waals surface area contributed by atoms with Gasteiger partial charge in [-0.25, -0.2) is 4.39 Å². The van der Waals surface area contributed by atoms with Gasteiger partial charge >= 0.3 is 0 Å². The maximum absolute atomic E-state index is 13.3. The average molecular weight is 425 g/mol. The molecule has 1 aromatic heterocycles. The number of halogens is 3. The summed E-state index contributed by atoms with van der Waals surface area (Å²) in [6.07, 6.45) is 0. The SMILES string of the molecule is CC(C)(NCc1nnnn1-c1ccccc1Br)c1ccc(F)cc1Cl. The molecule has 0 aliphatic carbocycles. The summed E-state index contributed by atoms with van der Waals surface area (Å²) in [7, 11) is 0. The molecule has 0 aliphatic rings. The van der Waals surface area contributed by atoms with Crippen molar-refractivity contribution in [3.05, 3.63) is 69.2 Å². The van der Waals surface area contributed by atoms with Gasteiger partial charge in [-0.2, -0.15) is 4.68 Å². The number of benzene rings is 2. The summed E-state index contributed by atoms with van der Waals surface area (Å²) in [6.45, 7) is 4.35. The summed E-state index contributed by atoms with van der Waals surface area (Å²) < 4.78 is 15.8. The number of hydrogen-bond acceptors (Lipinski definition) is 4. The predicted octanol–water partition coefficient (Wildman–Crippen LogP) is 4.24. The third-order valence-electron chi connectivity index (χ3n) is 3.91. The first kappa shape index (κ1) is 18.0. The Morgan fingerprint density at radius 1 is 1.24 bits per heavy atom. The first-order valence-corrected chi connectivity index (χ1v) is 8.78. The van der Waals surface area contributed by atoms with Gasteiger partial charge in [0, 0.05) is 15.0 Å². The van der Waals surface area contributed by atoms with Crippen LogP contribution in [0, 0.1) is 5.82 Å². The molecule has 3 rings (SSSR count). The van der Waals surface area contributed by atoms with E-state index >= 15 is 0 Å². The van der Waals surface area contributed by atoms with Gasteiger partial charge in [-0.1, -0.05) is 29.8 Å². The number of nitrogens with zero attached hydrogens (tertiary/aromatic N) is 4. The molecule has 0 aliphatic heterocycles. The van der Waals surface area contributed by atoms with E-state index in [0.29, 0.717) is 17.4 Å². The minimum atomic E-state index is -0.491. The van der Waals surface area contributed by atoms with Crippen molar-refractivity contribution >= 4 is 27.5 Å². The smallest absolute Gasteiger partial charge is 0.170 e. The normalized spacial score (nSPS) is 11.7. The fraction of sp³-hybridized carbons (Fsp3) is 0.235. The first-order valence-electron chi connectivity index (χ1n) is 7.61. The molecule has 3 aromatic rings. The van der Waals surface area contributed by atoms with Gasteiger partial charge in [0.25, 0.3) is 0 Å². The number of tetrazole rings is 1. The van der Waals surface area contributed by atoms with Gasteiger partial charge in [0.05, 0.1) is 12.2 Å². The van der Waals surface area contributed by atoms with E-state index in [1.807, 2.05) is 38.1 Å². The summed E-state index contributed by atoms with van der Waals surface area (Å²) in [6, 6.07) is 12.1. The van der Waals surface area contributed by atoms with Gasteiger partial charge < -0.3 is 5.32 Å². The van der Waals surface area contributed by atoms with E-state index in [-0.39, 0.29) is 5.82 Å². The molecule has 0 unspecified atom stereocenters. The van der Waals surface area contributed by atoms with Crippen LogP contribution < -0.4 is 5.32 Å². The van der Waals surface area contributed by atoms with Crippen LogP contribution in [0.5, 0.6) is 0 Å². The molecule has 0 amide bonds. The number of nitrogens with one attached hydrogen (secondary N) is 1. The Morgan fingerprint density at radius 3 is 2.72 bits per heavy atom. The summed E-state index contributed by atoms with van der Waals surface area (Å²) in [5.41, 5.74) is 1.16. The lowest BCUT2D eigenvalue weighted by atomic mass is 9.94. The van der Waals surface area contributed by atoms with E-state index in [9.17, 15) is 4.39 Å². The van der Waals surface area contributed by atoms with Crippen molar-refractivity contribution in [2.45, 2.75) is 25.9 Å². The van der Waals surface area contributed by atoms with E-state index in [4.69, 9.17) is 11.6 Å². The van der Waals surface area contributed by atoms with Gasteiger partial charge in [-0.05, 0) is 70.0 Å². The lowest BCUT2D eigenvalue weighted by molar-refractivity contribution is 0.392. The second kappa shape index (κ2) is 7.19. The van der Waals surface area contributed by atoms with Crippen LogP contribution >= 0.6 is 27.5 Å². The third kappa shape index (κ3) is 3.89. The largest absolute Gasteiger partial charge is 0.301 e. The highest BCUT2D eigenvalue weighted by molar-refractivity contribution is 9.10. The minimum absolute atomic E-state index is 0.359. The fourth-order valence-corrected chi connectivity index (χ4v) is 3.37. The summed E-state index contributed by atoms with van der Waals surface area (Å²) in [5.74, 6) is 0.292. The van der Waals surface area contributed by atoms with Crippen LogP contribution in [0.4, 0.5) is 4.39 Å². The van der Waals surface area contributed by atoms with Gasteiger partial charge in [0.1, 0.15) is 5.82 Å². The highest BCUT2D eigenvalue weighted by Gasteiger charge is 2.24. The molecular formula is C17H16BrClFN5. The summed E-state index contributed by atoms with van der Waals surface area (Å²) in [5, 5.41) is 15.7. The summed E-state index contributed by atoms with van der Waals surface area (Å²) >= 11 is 9.70. The molecule has 0 fully saturated rings. The van der Waals surface area contributed by atoms with Gasteiger partial charge in [0.15, 0.2) is 5.82 Å². The zero-order valence-corrected chi connectivity index (χ0v) is 16.0. The van der Waals surface area contributed by atoms with Crippen LogP contribution in [0.15, 0.2) is 46.9 Å². The van der Waals surface area contributed by atoms with Crippen LogP contribution in [0.1, 0.15) is 25.2 Å². The van der Waals surface area contributed by atoms with Gasteiger partial charge in [0.2, 0.25) is 0 Å². The second-order valence-electron chi connectivity index (χ2n) is 6.06. The van der Waals surface area contributed by atoms with E-state index in [1.54, 1.807) is 10.7 Å². The number of aromatic nitrogens is 4. The van der Waals surface area contributed by atoms with Crippen LogP contribution in [-0.4, -0.2) is 20.2 Å². The zero-order chi connectivity index (χ0) is 18.0. The zero-order valence-electron chi connectivity index (χ0n) is 13.7. The Hall–Kier alpha value is -1.83. The van der Waals surface area contributed by atoms with Crippen LogP contribution in [-0.2, 0) is 12.1 Å². The molecule has 0 saturated carbocycles. The molecule has 2 aromatic carbocycles. The van der Waals surface area contributed by atoms with Crippen molar-refractivity contribution in [2.24, 2.45) is 0 Å². The number of rotatable bonds is 5. The molecular weight excluding hydrogens is 409 g/mol. The minimum Gasteiger partial charge on any atom is -0.301 e. The molecule has 5 nitrogen and oxygen atoms in total. The molecule has 0 radical (unpaired) electrons. The van der Waals surface area contributed by atoms with Crippen LogP contribution in [0.25, 0.3) is 5.69 Å². The molecule has 130 valence electrons. The monoisotopic (exact) mass is 423 g/mol. The van der Waals surface area contributed by atoms with Crippen molar-refractivity contribution < 1.29 is 4.39 Å². The third-order valence-corrected chi connectivity index (χ3v) is 4.89. The van der Waals surface area contributed by atoms with Crippen LogP contribution in [0.3, 0.4) is 0 Å². The molecule has 0 atom stereocenters. The number of hydrogen-bond donors (Lipinski definition) is 1. The van der Waals surface area contributed by atoms with Gasteiger partial charge in [-0.15, -0.1) is 5.10 Å². The van der Waals surface area contributed by atoms with E-state index in [0.717, 1.165) is 15.7 Å². The second-order valence-corrected chi connectivity index (χ2v) is 7.32. The fourth-order valence-electron chi connectivity index (χ4n) is 2.52. The van der Waals surface area contributed by atoms with Crippen LogP contribution in [0.2, 0.25) is 5.02 Å². The molecule has 0 bridgehead atoms. The van der Waals surface area contributed by atoms with Crippen molar-refractivity contribution in [3.63, 3.8) is 0 Å². The summed E-state index contributed by atoms with van der Waals surface area (Å²) in [4.78, 5) is 0. The van der Waals surface area contributed by atoms with Crippen molar-refractivity contribution in [1.29, 1.82) is 0 Å². The van der Waals surface area contributed by atoms with E-state index in [1.165, 1.54) is 12.1 Å². The first-order chi connectivity index (χ1) is 11.9. The van der Waals surface area contributed by atoms with Gasteiger partial charge in [-0.3, -0.25) is 0 Å². The lowest BCUT2D eigenvalue weighted by Gasteiger charge is -2.27. The molecule has 1 N–H and O–H groups in total.